The Morgan fingerprint density at radius 3 is 2.42 bits per heavy atom. The van der Waals surface area contributed by atoms with E-state index >= 15 is 0 Å². The molecule has 1 fully saturated rings. The van der Waals surface area contributed by atoms with Crippen LogP contribution < -0.4 is 5.73 Å². The van der Waals surface area contributed by atoms with Crippen molar-refractivity contribution in [2.24, 2.45) is 5.73 Å². The molecule has 0 radical (unpaired) electrons. The number of hydrogen-bond donors (Lipinski definition) is 4. The average Bonchev–Trinajstić information content (AvgIpc) is 2.14. The van der Waals surface area contributed by atoms with Crippen LogP contribution in [0.4, 0.5) is 0 Å². The van der Waals surface area contributed by atoms with Gasteiger partial charge in [-0.05, 0) is 6.42 Å². The van der Waals surface area contributed by atoms with Gasteiger partial charge in [0.2, 0.25) is 0 Å². The quantitative estimate of drug-likeness (QED) is 0.312. The molecule has 0 aliphatic heterocycles. The minimum atomic E-state index is -1.49. The highest BCUT2D eigenvalue weighted by atomic mass is 16.4. The normalized spacial score (nSPS) is 44.2. The number of rotatable bonds is 0. The summed E-state index contributed by atoms with van der Waals surface area (Å²) in [5.74, 6) is -0.463. The Bertz CT molecular complexity index is 184. The Labute approximate surface area is 69.8 Å². The molecule has 0 heterocycles. The van der Waals surface area contributed by atoms with E-state index in [0.29, 0.717) is 6.42 Å². The van der Waals surface area contributed by atoms with Crippen molar-refractivity contribution < 1.29 is 20.1 Å². The smallest absolute Gasteiger partial charge is 0.164 e. The third-order valence-electron chi connectivity index (χ3n) is 2.17. The average molecular weight is 175 g/mol. The minimum absolute atomic E-state index is 0.108. The fourth-order valence-electron chi connectivity index (χ4n) is 1.26. The molecule has 1 aliphatic carbocycles. The summed E-state index contributed by atoms with van der Waals surface area (Å²) in [6.07, 6.45) is -3.75. The van der Waals surface area contributed by atoms with Gasteiger partial charge in [-0.2, -0.15) is 0 Å². The molecule has 5 nitrogen and oxygen atoms in total. The molecule has 0 amide bonds. The van der Waals surface area contributed by atoms with Crippen molar-refractivity contribution in [1.29, 1.82) is 0 Å². The predicted molar refractivity (Wildman–Crippen MR) is 40.2 cm³/mol. The molecule has 1 aliphatic rings. The van der Waals surface area contributed by atoms with Gasteiger partial charge < -0.3 is 21.1 Å². The van der Waals surface area contributed by atoms with Crippen molar-refractivity contribution in [3.8, 4) is 0 Å². The van der Waals surface area contributed by atoms with Gasteiger partial charge in [0.25, 0.3) is 0 Å². The van der Waals surface area contributed by atoms with Crippen LogP contribution in [0.25, 0.3) is 0 Å². The first kappa shape index (κ1) is 9.60. The summed E-state index contributed by atoms with van der Waals surface area (Å²) in [7, 11) is 0. The van der Waals surface area contributed by atoms with Gasteiger partial charge in [-0.1, -0.05) is 0 Å². The first-order valence-corrected chi connectivity index (χ1v) is 3.86. The zero-order valence-corrected chi connectivity index (χ0v) is 6.55. The highest BCUT2D eigenvalue weighted by Crippen LogP contribution is 2.15. The lowest BCUT2D eigenvalue weighted by atomic mass is 10.0. The maximum Gasteiger partial charge on any atom is 0.164 e. The molecule has 1 saturated carbocycles. The van der Waals surface area contributed by atoms with Gasteiger partial charge in [-0.15, -0.1) is 0 Å². The molecule has 12 heavy (non-hydrogen) atoms. The van der Waals surface area contributed by atoms with Gasteiger partial charge in [0.1, 0.15) is 12.2 Å². The summed E-state index contributed by atoms with van der Waals surface area (Å²) in [6.45, 7) is 0. The highest BCUT2D eigenvalue weighted by Gasteiger charge is 2.36. The van der Waals surface area contributed by atoms with Gasteiger partial charge in [-0.25, -0.2) is 0 Å². The molecule has 0 bridgehead atoms. The zero-order valence-electron chi connectivity index (χ0n) is 6.55. The summed E-state index contributed by atoms with van der Waals surface area (Å²) in [6, 6.07) is -0.638. The monoisotopic (exact) mass is 175 g/mol. The van der Waals surface area contributed by atoms with Crippen molar-refractivity contribution in [3.05, 3.63) is 0 Å². The molecule has 5 N–H and O–H groups in total. The van der Waals surface area contributed by atoms with Gasteiger partial charge in [0, 0.05) is 12.5 Å². The summed E-state index contributed by atoms with van der Waals surface area (Å²) in [5.41, 5.74) is 5.42. The number of Topliss-reactive ketones (excluding diaryl/α,β-unsaturated/α-hetero) is 1. The first-order valence-electron chi connectivity index (χ1n) is 3.86. The number of nitrogens with two attached hydrogens (primary N) is 1. The van der Waals surface area contributed by atoms with Crippen molar-refractivity contribution >= 4 is 5.78 Å². The van der Waals surface area contributed by atoms with E-state index in [1.54, 1.807) is 0 Å². The highest BCUT2D eigenvalue weighted by molar-refractivity contribution is 5.83. The van der Waals surface area contributed by atoms with Gasteiger partial charge in [-0.3, -0.25) is 4.79 Å². The lowest BCUT2D eigenvalue weighted by Gasteiger charge is -2.21. The largest absolute Gasteiger partial charge is 0.389 e. The van der Waals surface area contributed by atoms with Crippen LogP contribution in [0.3, 0.4) is 0 Å². The lowest BCUT2D eigenvalue weighted by molar-refractivity contribution is -0.136. The van der Waals surface area contributed by atoms with E-state index in [0.717, 1.165) is 0 Å². The van der Waals surface area contributed by atoms with Gasteiger partial charge in [0.05, 0.1) is 6.10 Å². The molecule has 0 unspecified atom stereocenters. The van der Waals surface area contributed by atoms with Crippen LogP contribution in [0.2, 0.25) is 0 Å². The van der Waals surface area contributed by atoms with Crippen molar-refractivity contribution in [2.45, 2.75) is 37.2 Å². The van der Waals surface area contributed by atoms with E-state index in [4.69, 9.17) is 15.9 Å². The maximum absolute atomic E-state index is 10.9. The third-order valence-corrected chi connectivity index (χ3v) is 2.17. The van der Waals surface area contributed by atoms with Crippen molar-refractivity contribution in [2.75, 3.05) is 0 Å². The molecule has 4 atom stereocenters. The second-order valence-corrected chi connectivity index (χ2v) is 3.09. The second kappa shape index (κ2) is 3.49. The van der Waals surface area contributed by atoms with Crippen LogP contribution in [0, 0.1) is 0 Å². The number of aliphatic hydroxyl groups excluding tert-OH is 3. The number of carbonyl (C=O) groups excluding carboxylic acids is 1. The number of ketones is 1. The summed E-state index contributed by atoms with van der Waals surface area (Å²) in [5, 5.41) is 27.5. The van der Waals surface area contributed by atoms with E-state index in [1.807, 2.05) is 0 Å². The number of aliphatic hydroxyl groups is 3. The molecule has 0 spiro atoms. The molecule has 1 rings (SSSR count). The van der Waals surface area contributed by atoms with Crippen LogP contribution >= 0.6 is 0 Å². The fourth-order valence-corrected chi connectivity index (χ4v) is 1.26. The SMILES string of the molecule is N[C@H]1CCC(=O)[C@H](O)[C@@H](O)[C@@H]1O. The lowest BCUT2D eigenvalue weighted by Crippen LogP contribution is -2.47. The van der Waals surface area contributed by atoms with Gasteiger partial charge in [0.15, 0.2) is 5.78 Å². The van der Waals surface area contributed by atoms with Crippen molar-refractivity contribution in [1.82, 2.24) is 0 Å². The zero-order chi connectivity index (χ0) is 9.30. The van der Waals surface area contributed by atoms with E-state index < -0.39 is 30.1 Å². The van der Waals surface area contributed by atoms with E-state index in [1.165, 1.54) is 0 Å². The Balaban J connectivity index is 2.75. The Morgan fingerprint density at radius 2 is 1.83 bits per heavy atom. The molecule has 0 aromatic heterocycles. The summed E-state index contributed by atoms with van der Waals surface area (Å²) < 4.78 is 0. The van der Waals surface area contributed by atoms with Gasteiger partial charge >= 0.3 is 0 Å². The van der Waals surface area contributed by atoms with E-state index in [2.05, 4.69) is 0 Å². The van der Waals surface area contributed by atoms with E-state index in [-0.39, 0.29) is 6.42 Å². The minimum Gasteiger partial charge on any atom is -0.389 e. The summed E-state index contributed by atoms with van der Waals surface area (Å²) >= 11 is 0. The van der Waals surface area contributed by atoms with Crippen LogP contribution in [0.15, 0.2) is 0 Å². The Kier molecular flexibility index (Phi) is 2.79. The molecule has 0 aromatic carbocycles. The maximum atomic E-state index is 10.9. The van der Waals surface area contributed by atoms with Crippen LogP contribution in [0.5, 0.6) is 0 Å². The summed E-state index contributed by atoms with van der Waals surface area (Å²) in [4.78, 5) is 10.9. The van der Waals surface area contributed by atoms with E-state index in [9.17, 15) is 9.90 Å². The number of carbonyl (C=O) groups is 1. The standard InChI is InChI=1S/C7H13NO4/c8-3-1-2-4(9)6(11)7(12)5(3)10/h3,5-7,10-12H,1-2,8H2/t3-,5+,6-,7-/m0/s1. The second-order valence-electron chi connectivity index (χ2n) is 3.09. The molecule has 5 heteroatoms. The Hall–Kier alpha value is -0.490. The van der Waals surface area contributed by atoms with Crippen LogP contribution in [-0.2, 0) is 4.79 Å². The Morgan fingerprint density at radius 1 is 1.25 bits per heavy atom. The molecule has 0 aromatic rings. The topological polar surface area (TPSA) is 104 Å². The molecule has 0 saturated heterocycles. The molecule has 70 valence electrons. The predicted octanol–water partition coefficient (Wildman–Crippen LogP) is -2.24. The number of hydrogen-bond acceptors (Lipinski definition) is 5. The molecular weight excluding hydrogens is 162 g/mol. The van der Waals surface area contributed by atoms with Crippen molar-refractivity contribution in [3.63, 3.8) is 0 Å². The fraction of sp³-hybridized carbons (Fsp3) is 0.857. The van der Waals surface area contributed by atoms with Crippen LogP contribution in [-0.4, -0.2) is 45.5 Å². The third kappa shape index (κ3) is 1.64. The first-order chi connectivity index (χ1) is 5.54. The van der Waals surface area contributed by atoms with Crippen LogP contribution in [0.1, 0.15) is 12.8 Å². The molecular formula is C7H13NO4.